The van der Waals surface area contributed by atoms with E-state index >= 15 is 0 Å². The summed E-state index contributed by atoms with van der Waals surface area (Å²) in [6.45, 7) is 1.94. The number of benzene rings is 3. The van der Waals surface area contributed by atoms with E-state index in [9.17, 15) is 29.5 Å². The number of hydrogen-bond acceptors (Lipinski definition) is 8. The number of hydrazine groups is 1. The number of carbonyl (C=O) groups excluding carboxylic acids is 4. The van der Waals surface area contributed by atoms with E-state index in [2.05, 4.69) is 5.43 Å². The van der Waals surface area contributed by atoms with Crippen molar-refractivity contribution in [2.45, 2.75) is 31.1 Å². The fourth-order valence-electron chi connectivity index (χ4n) is 7.97. The standard InChI is InChI=1S/C34H31N3O7/c1-18-8-10-20(11-9-18)35-36-31(40)26-17-25-22(14-15-24-28(25)32(41)37(43)30(24)39)29(23-13-12-21(44-2)16-27(23)38)34(26,33(36)42)19-6-4-3-5-7-19/h3-14,16,24-26,28-29,35,38,43H,15,17H2,1-2H3. The molecular formula is C34H31N3O7. The summed E-state index contributed by atoms with van der Waals surface area (Å²) >= 11 is 0. The van der Waals surface area contributed by atoms with Crippen LogP contribution >= 0.6 is 0 Å². The number of imide groups is 2. The zero-order valence-electron chi connectivity index (χ0n) is 24.1. The SMILES string of the molecule is COc1ccc(C2C3=CCC4C(=O)N(O)C(=O)C4C3CC3C(=O)N(Nc4ccc(C)cc4)C(=O)C32c2ccccc2)c(O)c1. The number of carbonyl (C=O) groups is 4. The Balaban J connectivity index is 1.47. The molecule has 10 heteroatoms. The molecule has 2 aliphatic heterocycles. The molecule has 0 radical (unpaired) electrons. The van der Waals surface area contributed by atoms with Gasteiger partial charge in [-0.3, -0.25) is 29.8 Å². The highest BCUT2D eigenvalue weighted by Gasteiger charge is 2.70. The van der Waals surface area contributed by atoms with Crippen molar-refractivity contribution in [2.75, 3.05) is 12.5 Å². The van der Waals surface area contributed by atoms with Crippen molar-refractivity contribution in [3.05, 3.63) is 101 Å². The minimum absolute atomic E-state index is 0.0961. The normalized spacial score (nSPS) is 29.2. The maximum absolute atomic E-state index is 15.0. The molecule has 0 bridgehead atoms. The van der Waals surface area contributed by atoms with Gasteiger partial charge in [-0.05, 0) is 49.4 Å². The smallest absolute Gasteiger partial charge is 0.260 e. The molecule has 0 spiro atoms. The predicted molar refractivity (Wildman–Crippen MR) is 157 cm³/mol. The van der Waals surface area contributed by atoms with E-state index in [1.54, 1.807) is 36.4 Å². The highest BCUT2D eigenvalue weighted by Crippen LogP contribution is 2.64. The highest BCUT2D eigenvalue weighted by molar-refractivity contribution is 6.13. The van der Waals surface area contributed by atoms with Gasteiger partial charge in [0.25, 0.3) is 23.6 Å². The second kappa shape index (κ2) is 10.1. The maximum atomic E-state index is 15.0. The largest absolute Gasteiger partial charge is 0.508 e. The van der Waals surface area contributed by atoms with Crippen molar-refractivity contribution in [1.82, 2.24) is 10.1 Å². The number of anilines is 1. The number of aryl methyl sites for hydroxylation is 1. The Bertz CT molecular complexity index is 1740. The van der Waals surface area contributed by atoms with Crippen LogP contribution in [0.5, 0.6) is 11.5 Å². The number of nitrogens with zero attached hydrogens (tertiary/aromatic N) is 2. The molecule has 4 aliphatic rings. The van der Waals surface area contributed by atoms with E-state index in [0.29, 0.717) is 28.1 Å². The van der Waals surface area contributed by atoms with Gasteiger partial charge in [-0.1, -0.05) is 65.7 Å². The van der Waals surface area contributed by atoms with Crippen molar-refractivity contribution < 1.29 is 34.2 Å². The summed E-state index contributed by atoms with van der Waals surface area (Å²) < 4.78 is 5.34. The molecule has 3 N–H and O–H groups in total. The van der Waals surface area contributed by atoms with Crippen LogP contribution in [0.25, 0.3) is 0 Å². The van der Waals surface area contributed by atoms with Crippen LogP contribution in [0.1, 0.15) is 35.4 Å². The fourth-order valence-corrected chi connectivity index (χ4v) is 7.97. The van der Waals surface area contributed by atoms with Crippen LogP contribution in [-0.2, 0) is 24.6 Å². The van der Waals surface area contributed by atoms with Gasteiger partial charge >= 0.3 is 0 Å². The number of amides is 4. The summed E-state index contributed by atoms with van der Waals surface area (Å²) in [6.07, 6.45) is 2.13. The lowest BCUT2D eigenvalue weighted by Crippen LogP contribution is -2.53. The summed E-state index contributed by atoms with van der Waals surface area (Å²) in [4.78, 5) is 55.6. The van der Waals surface area contributed by atoms with Crippen LogP contribution in [0.4, 0.5) is 5.69 Å². The second-order valence-corrected chi connectivity index (χ2v) is 12.0. The first-order chi connectivity index (χ1) is 21.2. The molecule has 10 nitrogen and oxygen atoms in total. The quantitative estimate of drug-likeness (QED) is 0.229. The predicted octanol–water partition coefficient (Wildman–Crippen LogP) is 4.08. The van der Waals surface area contributed by atoms with E-state index < -0.39 is 58.6 Å². The zero-order valence-corrected chi connectivity index (χ0v) is 24.1. The van der Waals surface area contributed by atoms with E-state index in [0.717, 1.165) is 10.6 Å². The number of nitrogens with one attached hydrogen (secondary N) is 1. The summed E-state index contributed by atoms with van der Waals surface area (Å²) in [5, 5.41) is 23.0. The molecule has 1 saturated carbocycles. The first-order valence-electron chi connectivity index (χ1n) is 14.6. The number of phenolic OH excluding ortho intramolecular Hbond substituents is 1. The van der Waals surface area contributed by atoms with Crippen molar-refractivity contribution in [2.24, 2.45) is 23.7 Å². The molecular weight excluding hydrogens is 562 g/mol. The van der Waals surface area contributed by atoms with E-state index in [-0.39, 0.29) is 23.7 Å². The van der Waals surface area contributed by atoms with Crippen LogP contribution in [-0.4, -0.2) is 51.1 Å². The summed E-state index contributed by atoms with van der Waals surface area (Å²) in [5.41, 5.74) is 4.77. The molecule has 0 aromatic heterocycles. The molecule has 2 saturated heterocycles. The van der Waals surface area contributed by atoms with Gasteiger partial charge in [0.05, 0.1) is 36.0 Å². The first kappa shape index (κ1) is 27.8. The Morgan fingerprint density at radius 2 is 1.64 bits per heavy atom. The van der Waals surface area contributed by atoms with Gasteiger partial charge in [0.1, 0.15) is 11.5 Å². The van der Waals surface area contributed by atoms with Crippen molar-refractivity contribution in [3.63, 3.8) is 0 Å². The lowest BCUT2D eigenvalue weighted by atomic mass is 9.49. The number of hydrogen-bond donors (Lipinski definition) is 3. The summed E-state index contributed by atoms with van der Waals surface area (Å²) in [6, 6.07) is 21.2. The summed E-state index contributed by atoms with van der Waals surface area (Å²) in [5.74, 6) is -6.21. The number of rotatable bonds is 5. The number of aromatic hydroxyl groups is 1. The van der Waals surface area contributed by atoms with Gasteiger partial charge in [0, 0.05) is 17.5 Å². The van der Waals surface area contributed by atoms with E-state index in [4.69, 9.17) is 4.74 Å². The maximum Gasteiger partial charge on any atom is 0.260 e. The number of fused-ring (bicyclic) bond motifs is 4. The van der Waals surface area contributed by atoms with Gasteiger partial charge in [-0.25, -0.2) is 0 Å². The third-order valence-corrected chi connectivity index (χ3v) is 9.92. The van der Waals surface area contributed by atoms with E-state index in [1.807, 2.05) is 43.3 Å². The molecule has 3 fully saturated rings. The Hall–Kier alpha value is -4.96. The van der Waals surface area contributed by atoms with Crippen LogP contribution in [0.15, 0.2) is 84.4 Å². The molecule has 6 unspecified atom stereocenters. The van der Waals surface area contributed by atoms with E-state index in [1.165, 1.54) is 13.2 Å². The minimum Gasteiger partial charge on any atom is -0.508 e. The molecule has 6 atom stereocenters. The van der Waals surface area contributed by atoms with Gasteiger partial charge in [0.15, 0.2) is 0 Å². The van der Waals surface area contributed by atoms with Crippen LogP contribution in [0, 0.1) is 30.6 Å². The Kier molecular flexibility index (Phi) is 6.36. The third-order valence-electron chi connectivity index (χ3n) is 9.92. The Labute approximate surface area is 253 Å². The Morgan fingerprint density at radius 3 is 2.32 bits per heavy atom. The average Bonchev–Trinajstić information content (AvgIpc) is 3.39. The van der Waals surface area contributed by atoms with Crippen LogP contribution in [0.2, 0.25) is 0 Å². The number of hydroxylamine groups is 2. The van der Waals surface area contributed by atoms with Gasteiger partial charge in [0.2, 0.25) is 0 Å². The van der Waals surface area contributed by atoms with Gasteiger partial charge < -0.3 is 9.84 Å². The van der Waals surface area contributed by atoms with Crippen molar-refractivity contribution in [3.8, 4) is 11.5 Å². The molecule has 3 aromatic carbocycles. The van der Waals surface area contributed by atoms with Crippen molar-refractivity contribution >= 4 is 29.3 Å². The molecule has 44 heavy (non-hydrogen) atoms. The topological polar surface area (TPSA) is 136 Å². The van der Waals surface area contributed by atoms with Crippen LogP contribution in [0.3, 0.4) is 0 Å². The molecule has 4 amide bonds. The zero-order chi connectivity index (χ0) is 30.9. The van der Waals surface area contributed by atoms with Crippen molar-refractivity contribution in [1.29, 1.82) is 0 Å². The van der Waals surface area contributed by atoms with Gasteiger partial charge in [-0.15, -0.1) is 0 Å². The monoisotopic (exact) mass is 593 g/mol. The third kappa shape index (κ3) is 3.77. The lowest BCUT2D eigenvalue weighted by molar-refractivity contribution is -0.173. The minimum atomic E-state index is -1.50. The molecule has 2 aliphatic carbocycles. The number of allylic oxidation sites excluding steroid dienone is 2. The molecule has 3 aromatic rings. The van der Waals surface area contributed by atoms with Crippen LogP contribution < -0.4 is 10.2 Å². The molecule has 7 rings (SSSR count). The first-order valence-corrected chi connectivity index (χ1v) is 14.6. The summed E-state index contributed by atoms with van der Waals surface area (Å²) in [7, 11) is 1.48. The lowest BCUT2D eigenvalue weighted by Gasteiger charge is -2.50. The second-order valence-electron chi connectivity index (χ2n) is 12.0. The number of ether oxygens (including phenoxy) is 1. The van der Waals surface area contributed by atoms with Gasteiger partial charge in [-0.2, -0.15) is 10.1 Å². The number of methoxy groups -OCH3 is 1. The fraction of sp³-hybridized carbons (Fsp3) is 0.294. The molecule has 2 heterocycles. The number of phenols is 1. The molecule has 224 valence electrons. The Morgan fingerprint density at radius 1 is 0.909 bits per heavy atom. The average molecular weight is 594 g/mol. The highest BCUT2D eigenvalue weighted by atomic mass is 16.5.